The van der Waals surface area contributed by atoms with Crippen molar-refractivity contribution in [2.75, 3.05) is 0 Å². The predicted octanol–water partition coefficient (Wildman–Crippen LogP) is 19.0. The SMILES string of the molecule is C=Cc1c(/C=C\C)c(-c2cccc3c2sc2cc(-c4c5ccccc5c(-c5ccccc5)c5ccccc45)ccc23)c2ccccc2c1-c1ccc2c(c1)c1ccccc1n2-c1ccccc1. The van der Waals surface area contributed by atoms with Crippen molar-refractivity contribution in [3.63, 3.8) is 0 Å². The van der Waals surface area contributed by atoms with E-state index in [0.717, 1.165) is 11.3 Å². The average molecular weight is 870 g/mol. The monoisotopic (exact) mass is 869 g/mol. The molecular weight excluding hydrogens is 827 g/mol. The van der Waals surface area contributed by atoms with E-state index in [0.29, 0.717) is 0 Å². The van der Waals surface area contributed by atoms with E-state index >= 15 is 0 Å². The molecule has 13 aromatic rings. The van der Waals surface area contributed by atoms with E-state index in [4.69, 9.17) is 0 Å². The van der Waals surface area contributed by atoms with Crippen molar-refractivity contribution >= 4 is 97.8 Å². The minimum absolute atomic E-state index is 1.14. The predicted molar refractivity (Wildman–Crippen MR) is 293 cm³/mol. The summed E-state index contributed by atoms with van der Waals surface area (Å²) in [7, 11) is 0. The molecule has 0 aliphatic carbocycles. The molecule has 0 bridgehead atoms. The number of nitrogens with zero attached hydrogens (tertiary/aromatic N) is 1. The normalized spacial score (nSPS) is 12.0. The third kappa shape index (κ3) is 6.00. The van der Waals surface area contributed by atoms with Gasteiger partial charge in [0, 0.05) is 42.2 Å². The minimum atomic E-state index is 1.14. The molecule has 0 spiro atoms. The fraction of sp³-hybridized carbons (Fsp3) is 0.0154. The summed E-state index contributed by atoms with van der Waals surface area (Å²) in [6.45, 7) is 6.65. The van der Waals surface area contributed by atoms with Gasteiger partial charge in [-0.05, 0) is 126 Å². The van der Waals surface area contributed by atoms with Crippen molar-refractivity contribution in [3.05, 3.63) is 236 Å². The Hall–Kier alpha value is -8.30. The van der Waals surface area contributed by atoms with Crippen LogP contribution in [0.2, 0.25) is 0 Å². The van der Waals surface area contributed by atoms with Gasteiger partial charge in [-0.2, -0.15) is 0 Å². The average Bonchev–Trinajstić information content (AvgIpc) is 3.93. The van der Waals surface area contributed by atoms with Crippen LogP contribution in [-0.2, 0) is 0 Å². The number of hydrogen-bond acceptors (Lipinski definition) is 1. The summed E-state index contributed by atoms with van der Waals surface area (Å²) in [6, 6.07) is 78.2. The summed E-state index contributed by atoms with van der Waals surface area (Å²) in [5.74, 6) is 0. The Kier molecular flexibility index (Phi) is 9.16. The number of fused-ring (bicyclic) bond motifs is 9. The highest BCUT2D eigenvalue weighted by Gasteiger charge is 2.23. The summed E-state index contributed by atoms with van der Waals surface area (Å²) in [6.07, 6.45) is 6.55. The first-order chi connectivity index (χ1) is 33.2. The van der Waals surface area contributed by atoms with Crippen molar-refractivity contribution in [3.8, 4) is 50.2 Å². The van der Waals surface area contributed by atoms with Crippen LogP contribution in [-0.4, -0.2) is 4.57 Å². The van der Waals surface area contributed by atoms with Crippen LogP contribution in [0.1, 0.15) is 18.1 Å². The highest BCUT2D eigenvalue weighted by molar-refractivity contribution is 7.26. The summed E-state index contributed by atoms with van der Waals surface area (Å²) in [4.78, 5) is 0. The van der Waals surface area contributed by atoms with E-state index in [1.807, 2.05) is 11.3 Å². The van der Waals surface area contributed by atoms with Gasteiger partial charge >= 0.3 is 0 Å². The first-order valence-electron chi connectivity index (χ1n) is 23.1. The van der Waals surface area contributed by atoms with Gasteiger partial charge in [0.05, 0.1) is 11.0 Å². The van der Waals surface area contributed by atoms with Gasteiger partial charge < -0.3 is 4.57 Å². The maximum Gasteiger partial charge on any atom is 0.0541 e. The van der Waals surface area contributed by atoms with Crippen LogP contribution in [0.5, 0.6) is 0 Å². The number of benzene rings is 11. The minimum Gasteiger partial charge on any atom is -0.309 e. The van der Waals surface area contributed by atoms with Crippen LogP contribution in [0.15, 0.2) is 225 Å². The van der Waals surface area contributed by atoms with Gasteiger partial charge in [0.1, 0.15) is 0 Å². The van der Waals surface area contributed by atoms with Crippen LogP contribution >= 0.6 is 11.3 Å². The molecule has 2 heteroatoms. The molecule has 2 heterocycles. The lowest BCUT2D eigenvalue weighted by atomic mass is 9.83. The summed E-state index contributed by atoms with van der Waals surface area (Å²) in [5.41, 5.74) is 15.7. The molecule has 0 saturated carbocycles. The van der Waals surface area contributed by atoms with Crippen molar-refractivity contribution in [1.29, 1.82) is 0 Å². The molecule has 314 valence electrons. The third-order valence-electron chi connectivity index (χ3n) is 13.9. The summed E-state index contributed by atoms with van der Waals surface area (Å²) >= 11 is 1.90. The van der Waals surface area contributed by atoms with E-state index in [2.05, 4.69) is 249 Å². The Bertz CT molecular complexity index is 4110. The van der Waals surface area contributed by atoms with Crippen LogP contribution in [0, 0.1) is 0 Å². The van der Waals surface area contributed by atoms with E-state index in [-0.39, 0.29) is 0 Å². The molecule has 0 unspecified atom stereocenters. The Morgan fingerprint density at radius 2 is 0.910 bits per heavy atom. The van der Waals surface area contributed by atoms with Crippen molar-refractivity contribution in [2.24, 2.45) is 0 Å². The Morgan fingerprint density at radius 1 is 0.388 bits per heavy atom. The lowest BCUT2D eigenvalue weighted by Gasteiger charge is -2.21. The Balaban J connectivity index is 1.03. The van der Waals surface area contributed by atoms with Gasteiger partial charge in [-0.1, -0.05) is 201 Å². The van der Waals surface area contributed by atoms with Crippen molar-refractivity contribution < 1.29 is 0 Å². The zero-order valence-corrected chi connectivity index (χ0v) is 37.8. The number of para-hydroxylation sites is 2. The Labute approximate surface area is 393 Å². The second-order valence-electron chi connectivity index (χ2n) is 17.4. The van der Waals surface area contributed by atoms with Crippen LogP contribution in [0.4, 0.5) is 0 Å². The van der Waals surface area contributed by atoms with Gasteiger partial charge in [-0.15, -0.1) is 11.3 Å². The number of rotatable bonds is 7. The summed E-state index contributed by atoms with van der Waals surface area (Å²) < 4.78 is 4.95. The van der Waals surface area contributed by atoms with Crippen LogP contribution < -0.4 is 0 Å². The third-order valence-corrected chi connectivity index (χ3v) is 15.1. The van der Waals surface area contributed by atoms with Gasteiger partial charge in [-0.3, -0.25) is 0 Å². The second-order valence-corrected chi connectivity index (χ2v) is 18.5. The first-order valence-corrected chi connectivity index (χ1v) is 23.9. The number of aromatic nitrogens is 1. The topological polar surface area (TPSA) is 4.93 Å². The molecule has 67 heavy (non-hydrogen) atoms. The quantitative estimate of drug-likeness (QED) is 0.141. The van der Waals surface area contributed by atoms with Crippen LogP contribution in [0.3, 0.4) is 0 Å². The standard InChI is InChI=1S/C65H43NS/c1-3-20-48-45(4-2)62(42-36-38-59-57(39-42)46-25-17-18-34-58(46)66(59)44-23-9-6-10-24-44)53-30-15-16-31-54(53)64(48)56-33-19-32-55-47-37-35-43(40-60(47)67-65(55)56)63-51-28-13-11-26-49(51)61(41-21-7-5-8-22-41)50-27-12-14-29-52(50)63/h3-40H,2H2,1H3/b20-3-. The molecule has 1 nitrogen and oxygen atoms in total. The zero-order valence-electron chi connectivity index (χ0n) is 37.0. The molecule has 0 fully saturated rings. The fourth-order valence-electron chi connectivity index (χ4n) is 11.1. The molecule has 0 N–H and O–H groups in total. The maximum atomic E-state index is 4.52. The largest absolute Gasteiger partial charge is 0.309 e. The Morgan fingerprint density at radius 3 is 1.57 bits per heavy atom. The molecule has 0 amide bonds. The molecule has 0 aliphatic rings. The molecule has 2 aromatic heterocycles. The van der Waals surface area contributed by atoms with Crippen molar-refractivity contribution in [2.45, 2.75) is 6.92 Å². The first kappa shape index (κ1) is 39.1. The van der Waals surface area contributed by atoms with Crippen LogP contribution in [0.25, 0.3) is 137 Å². The number of thiophene rings is 1. The molecule has 0 atom stereocenters. The second kappa shape index (κ2) is 15.7. The highest BCUT2D eigenvalue weighted by atomic mass is 32.1. The van der Waals surface area contributed by atoms with Gasteiger partial charge in [0.25, 0.3) is 0 Å². The van der Waals surface area contributed by atoms with Gasteiger partial charge in [0.15, 0.2) is 0 Å². The van der Waals surface area contributed by atoms with Crippen molar-refractivity contribution in [1.82, 2.24) is 4.57 Å². The molecular formula is C65H43NS. The van der Waals surface area contributed by atoms with Gasteiger partial charge in [0.2, 0.25) is 0 Å². The number of hydrogen-bond donors (Lipinski definition) is 0. The maximum absolute atomic E-state index is 4.52. The van der Waals surface area contributed by atoms with E-state index in [9.17, 15) is 0 Å². The molecule has 13 rings (SSSR count). The zero-order chi connectivity index (χ0) is 44.6. The van der Waals surface area contributed by atoms with Gasteiger partial charge in [-0.25, -0.2) is 0 Å². The number of allylic oxidation sites excluding steroid dienone is 1. The lowest BCUT2D eigenvalue weighted by molar-refractivity contribution is 1.18. The van der Waals surface area contributed by atoms with E-state index < -0.39 is 0 Å². The van der Waals surface area contributed by atoms with E-state index in [1.165, 1.54) is 124 Å². The molecule has 0 radical (unpaired) electrons. The fourth-order valence-corrected chi connectivity index (χ4v) is 12.4. The smallest absolute Gasteiger partial charge is 0.0541 e. The molecule has 0 aliphatic heterocycles. The van der Waals surface area contributed by atoms with E-state index in [1.54, 1.807) is 0 Å². The molecule has 11 aromatic carbocycles. The highest BCUT2D eigenvalue weighted by Crippen LogP contribution is 2.50. The summed E-state index contributed by atoms with van der Waals surface area (Å²) in [5, 5.41) is 12.5. The lowest BCUT2D eigenvalue weighted by Crippen LogP contribution is -1.97. The molecule has 0 saturated heterocycles.